The molecule has 2 saturated heterocycles. The zero-order valence-corrected chi connectivity index (χ0v) is 54.1. The number of primary amides is 6. The van der Waals surface area contributed by atoms with Crippen molar-refractivity contribution in [1.29, 1.82) is 0 Å². The van der Waals surface area contributed by atoms with Gasteiger partial charge in [0.2, 0.25) is 41.4 Å². The first kappa shape index (κ1) is 68.9. The molecule has 27 nitrogen and oxygen atoms in total. The first-order valence-corrected chi connectivity index (χ1v) is 32.1. The molecule has 8 bridgehead atoms. The molecule has 8 rings (SSSR count). The maximum Gasteiger partial charge on any atom is 0.472 e. The molecule has 0 saturated carbocycles. The number of phosphoric ester groups is 1. The fraction of sp³-hybridized carbons (Fsp3) is 0.629. The molecule has 2 fully saturated rings. The predicted molar refractivity (Wildman–Crippen MR) is 334 cm³/mol. The molecule has 90 heavy (non-hydrogen) atoms. The maximum absolute atomic E-state index is 14.4. The summed E-state index contributed by atoms with van der Waals surface area (Å²) < 4.78 is 32.3. The van der Waals surface area contributed by atoms with E-state index in [1.807, 2.05) is 87.4 Å². The van der Waals surface area contributed by atoms with Crippen molar-refractivity contribution in [2.24, 2.45) is 94.7 Å². The molecule has 15 atom stereocenters. The highest BCUT2D eigenvalue weighted by Crippen LogP contribution is 2.63. The van der Waals surface area contributed by atoms with Crippen molar-refractivity contribution in [3.63, 3.8) is 0 Å². The summed E-state index contributed by atoms with van der Waals surface area (Å²) in [5.74, 6) is -7.18. The summed E-state index contributed by atoms with van der Waals surface area (Å²) in [6.45, 7) is 19.3. The number of aliphatic hydroxyl groups is 2. The number of nitrogens with zero attached hydrogens (tertiary/aromatic N) is 5. The minimum absolute atomic E-state index is 0.0114. The van der Waals surface area contributed by atoms with Crippen molar-refractivity contribution in [2.75, 3.05) is 13.2 Å². The summed E-state index contributed by atoms with van der Waals surface area (Å²) in [5, 5.41) is 28.2. The van der Waals surface area contributed by atoms with Crippen LogP contribution in [0.2, 0.25) is 0 Å². The molecule has 1 aromatic carbocycles. The van der Waals surface area contributed by atoms with Crippen LogP contribution in [0.15, 0.2) is 67.8 Å². The van der Waals surface area contributed by atoms with Gasteiger partial charge in [0.25, 0.3) is 0 Å². The lowest BCUT2D eigenvalue weighted by molar-refractivity contribution is -0.124. The SMILES string of the molecule is CC1=C2N/C(=C\C3=NC(=C(/C)C4=N[C@H]([C@H](CC(N)=O)[C@@]4(C)CCC(=O)NC[C@@H](C)OP(=O)(O)O[C@@H]4[C@@H](CO)OC(n5cnc6cc(C)c(C)cc65)[C@@H]4O)[C@]4(C)N=C1[C@@H](CCC(N)=O)[C@]4(C)CC(N)=O)/[C@@H](CCC(N)=O)C3(C)C)[C@@H](CCC(N)=O)[C@]2(C)CC(N)=O. The number of fused-ring (bicyclic) bond motifs is 7. The van der Waals surface area contributed by atoms with Gasteiger partial charge < -0.3 is 69.4 Å². The number of amides is 7. The Balaban J connectivity index is 1.19. The Bertz CT molecular complexity index is 3540. The van der Waals surface area contributed by atoms with E-state index in [-0.39, 0.29) is 77.2 Å². The van der Waals surface area contributed by atoms with Crippen molar-refractivity contribution in [2.45, 2.75) is 189 Å². The van der Waals surface area contributed by atoms with E-state index < -0.39 is 143 Å². The van der Waals surface area contributed by atoms with Gasteiger partial charge in [-0.3, -0.25) is 57.6 Å². The Hall–Kier alpha value is -7.00. The number of allylic oxidation sites excluding steroid dienone is 6. The number of hydrogen-bond acceptors (Lipinski definition) is 18. The molecule has 2 aromatic rings. The number of phosphoric acid groups is 1. The third kappa shape index (κ3) is 13.0. The summed E-state index contributed by atoms with van der Waals surface area (Å²) in [6.07, 6.45) is -4.26. The van der Waals surface area contributed by atoms with Crippen molar-refractivity contribution >= 4 is 77.3 Å². The molecule has 0 aliphatic carbocycles. The number of benzene rings is 1. The van der Waals surface area contributed by atoms with Gasteiger partial charge in [0.05, 0.1) is 41.7 Å². The van der Waals surface area contributed by atoms with Gasteiger partial charge in [-0.15, -0.1) is 0 Å². The Labute approximate surface area is 523 Å². The highest BCUT2D eigenvalue weighted by atomic mass is 31.2. The summed E-state index contributed by atoms with van der Waals surface area (Å²) in [7, 11) is -5.07. The van der Waals surface area contributed by atoms with Crippen molar-refractivity contribution in [3.05, 3.63) is 63.9 Å². The largest absolute Gasteiger partial charge is 0.472 e. The lowest BCUT2D eigenvalue weighted by Crippen LogP contribution is -2.56. The standard InChI is InChI=1S/C62H90N13O14P/c1-29-20-39-40(21-30(29)2)75(28-70-39)57-52(84)53(41(27-76)87-57)89-90(85,86)88-31(3)26-69-49(83)18-19-59(8)37(22-46(66)80)56-62(11)61(10,25-48(68)82)36(14-17-45(65)79)51(74-62)33(5)55-60(9,24-47(67)81)34(12-15-43(63)77)38(71-55)23-42-58(6,7)35(13-16-44(64)78)50(72-42)32(4)54(59)73-56/h20-21,23,28,31,34-37,41,52-53,56-57,71,76,84H,12-19,22,24-27H2,1-11H3,(H2,63,77)(H2,64,78)(H2,65,79)(H2,66,80)(H2,67,81)(H2,68,82)(H,69,83)(H,85,86)/b38-23-,50-32-,55-33?/t31-,34-,35-,36-,37+,41-,52-,53-,56-,57?,59-,60+,61+,62+/m1/s1. The lowest BCUT2D eigenvalue weighted by atomic mass is 9.55. The quantitative estimate of drug-likeness (QED) is 0.0603. The normalized spacial score (nSPS) is 33.4. The number of aromatic nitrogens is 2. The number of imidazole rings is 1. The van der Waals surface area contributed by atoms with E-state index in [4.69, 9.17) is 63.2 Å². The van der Waals surface area contributed by atoms with Gasteiger partial charge in [-0.2, -0.15) is 0 Å². The molecule has 6 aliphatic heterocycles. The van der Waals surface area contributed by atoms with Gasteiger partial charge in [0.15, 0.2) is 6.23 Å². The van der Waals surface area contributed by atoms with E-state index in [0.29, 0.717) is 56.4 Å². The number of carbonyl (C=O) groups is 7. The van der Waals surface area contributed by atoms with E-state index >= 15 is 0 Å². The van der Waals surface area contributed by atoms with Gasteiger partial charge in [0, 0.05) is 131 Å². The number of nitrogens with one attached hydrogen (secondary N) is 2. The van der Waals surface area contributed by atoms with E-state index in [0.717, 1.165) is 11.1 Å². The average Bonchev–Trinajstić information content (AvgIpc) is 1.53. The highest BCUT2D eigenvalue weighted by molar-refractivity contribution is 7.47. The van der Waals surface area contributed by atoms with Gasteiger partial charge in [-0.05, 0) is 108 Å². The number of rotatable bonds is 26. The summed E-state index contributed by atoms with van der Waals surface area (Å²) in [6, 6.07) is 2.70. The van der Waals surface area contributed by atoms with Crippen LogP contribution >= 0.6 is 7.82 Å². The molecule has 492 valence electrons. The van der Waals surface area contributed by atoms with Gasteiger partial charge in [-0.1, -0.05) is 34.6 Å². The summed E-state index contributed by atoms with van der Waals surface area (Å²) >= 11 is 0. The second kappa shape index (κ2) is 25.6. The molecule has 0 spiro atoms. The van der Waals surface area contributed by atoms with Crippen LogP contribution in [0.1, 0.15) is 150 Å². The molecule has 1 aromatic heterocycles. The van der Waals surface area contributed by atoms with Crippen LogP contribution < -0.4 is 45.0 Å². The van der Waals surface area contributed by atoms with Crippen LogP contribution in [0.25, 0.3) is 11.0 Å². The summed E-state index contributed by atoms with van der Waals surface area (Å²) in [4.78, 5) is 126. The maximum atomic E-state index is 14.4. The molecular formula is C62H90N13O14P. The highest BCUT2D eigenvalue weighted by Gasteiger charge is 2.66. The Morgan fingerprint density at radius 1 is 0.800 bits per heavy atom. The third-order valence-electron chi connectivity index (χ3n) is 20.6. The zero-order chi connectivity index (χ0) is 66.7. The van der Waals surface area contributed by atoms with Crippen molar-refractivity contribution in [3.8, 4) is 0 Å². The molecule has 0 radical (unpaired) electrons. The number of ether oxygens (including phenoxy) is 1. The lowest BCUT2D eigenvalue weighted by Gasteiger charge is -2.48. The fourth-order valence-electron chi connectivity index (χ4n) is 15.4. The number of carbonyl (C=O) groups excluding carboxylic acids is 7. The second-order valence-corrected chi connectivity index (χ2v) is 28.4. The minimum atomic E-state index is -5.07. The molecular weight excluding hydrogens is 1180 g/mol. The third-order valence-corrected chi connectivity index (χ3v) is 21.7. The zero-order valence-electron chi connectivity index (χ0n) is 53.3. The number of aliphatic imine (C=N–C) groups is 3. The second-order valence-electron chi connectivity index (χ2n) is 27.1. The smallest absolute Gasteiger partial charge is 0.394 e. The van der Waals surface area contributed by atoms with E-state index in [2.05, 4.69) is 15.6 Å². The summed E-state index contributed by atoms with van der Waals surface area (Å²) in [5.41, 5.74) is 37.4. The predicted octanol–water partition coefficient (Wildman–Crippen LogP) is 3.16. The molecule has 7 heterocycles. The van der Waals surface area contributed by atoms with Crippen LogP contribution in [0.3, 0.4) is 0 Å². The minimum Gasteiger partial charge on any atom is -0.394 e. The van der Waals surface area contributed by atoms with Crippen molar-refractivity contribution < 1.29 is 67.0 Å². The van der Waals surface area contributed by atoms with E-state index in [1.165, 1.54) is 13.3 Å². The van der Waals surface area contributed by atoms with Gasteiger partial charge in [-0.25, -0.2) is 9.55 Å². The monoisotopic (exact) mass is 1270 g/mol. The number of aryl methyl sites for hydroxylation is 2. The number of hydrogen-bond donors (Lipinski definition) is 11. The Morgan fingerprint density at radius 3 is 1.99 bits per heavy atom. The first-order chi connectivity index (χ1) is 41.8. The van der Waals surface area contributed by atoms with Crippen LogP contribution in [0.4, 0.5) is 0 Å². The van der Waals surface area contributed by atoms with Crippen molar-refractivity contribution in [1.82, 2.24) is 20.2 Å². The first-order valence-electron chi connectivity index (χ1n) is 30.6. The number of nitrogens with two attached hydrogens (primary N) is 6. The molecule has 6 aliphatic rings. The molecule has 2 unspecified atom stereocenters. The van der Waals surface area contributed by atoms with Crippen LogP contribution in [0.5, 0.6) is 0 Å². The molecule has 17 N–H and O–H groups in total. The van der Waals surface area contributed by atoms with E-state index in [9.17, 15) is 53.2 Å². The fourth-order valence-corrected chi connectivity index (χ4v) is 16.6. The van der Waals surface area contributed by atoms with Gasteiger partial charge in [0.1, 0.15) is 18.3 Å². The molecule has 7 amide bonds. The topological polar surface area (TPSA) is 460 Å². The van der Waals surface area contributed by atoms with Crippen LogP contribution in [0, 0.1) is 59.2 Å². The van der Waals surface area contributed by atoms with Crippen LogP contribution in [-0.4, -0.2) is 132 Å². The number of aliphatic hydroxyl groups excluding tert-OH is 2. The molecule has 28 heteroatoms. The average molecular weight is 1270 g/mol. The van der Waals surface area contributed by atoms with Gasteiger partial charge >= 0.3 is 7.82 Å². The van der Waals surface area contributed by atoms with Crippen LogP contribution in [-0.2, 0) is 51.9 Å². The van der Waals surface area contributed by atoms with E-state index in [1.54, 1.807) is 4.57 Å². The Morgan fingerprint density at radius 2 is 1.40 bits per heavy atom. The Kier molecular flexibility index (Phi) is 19.6.